The summed E-state index contributed by atoms with van der Waals surface area (Å²) in [4.78, 5) is 24.1. The molecule has 1 rings (SSSR count). The lowest BCUT2D eigenvalue weighted by atomic mass is 10.1. The molecule has 0 aromatic carbocycles. The van der Waals surface area contributed by atoms with E-state index in [1.165, 1.54) is 19.8 Å². The van der Waals surface area contributed by atoms with E-state index < -0.39 is 12.0 Å². The summed E-state index contributed by atoms with van der Waals surface area (Å²) >= 11 is 0. The van der Waals surface area contributed by atoms with Crippen LogP contribution in [0.25, 0.3) is 0 Å². The summed E-state index contributed by atoms with van der Waals surface area (Å²) in [6.07, 6.45) is 6.80. The molecule has 0 unspecified atom stereocenters. The van der Waals surface area contributed by atoms with Gasteiger partial charge in [0.2, 0.25) is 0 Å². The highest BCUT2D eigenvalue weighted by molar-refractivity contribution is 5.82. The van der Waals surface area contributed by atoms with Gasteiger partial charge in [0.05, 0.1) is 0 Å². The second-order valence-electron chi connectivity index (χ2n) is 4.77. The summed E-state index contributed by atoms with van der Waals surface area (Å²) in [7, 11) is 1.75. The fourth-order valence-electron chi connectivity index (χ4n) is 2.16. The van der Waals surface area contributed by atoms with Crippen LogP contribution in [0.4, 0.5) is 4.79 Å². The van der Waals surface area contributed by atoms with E-state index in [2.05, 4.69) is 5.32 Å². The van der Waals surface area contributed by atoms with E-state index in [9.17, 15) is 9.59 Å². The third-order valence-electron chi connectivity index (χ3n) is 3.40. The van der Waals surface area contributed by atoms with Gasteiger partial charge < -0.3 is 15.3 Å². The highest BCUT2D eigenvalue weighted by Gasteiger charge is 2.23. The monoisotopic (exact) mass is 242 g/mol. The van der Waals surface area contributed by atoms with Crippen molar-refractivity contribution in [3.63, 3.8) is 0 Å². The van der Waals surface area contributed by atoms with E-state index in [0.29, 0.717) is 0 Å². The third-order valence-corrected chi connectivity index (χ3v) is 3.40. The number of carboxylic acid groups (broad SMARTS) is 1. The molecular weight excluding hydrogens is 220 g/mol. The van der Waals surface area contributed by atoms with Gasteiger partial charge in [-0.05, 0) is 19.8 Å². The summed E-state index contributed by atoms with van der Waals surface area (Å²) in [6.45, 7) is 1.47. The van der Waals surface area contributed by atoms with E-state index in [1.54, 1.807) is 11.9 Å². The predicted molar refractivity (Wildman–Crippen MR) is 64.9 cm³/mol. The second kappa shape index (κ2) is 6.47. The molecule has 2 amide bonds. The summed E-state index contributed by atoms with van der Waals surface area (Å²) in [5.74, 6) is -1.01. The summed E-state index contributed by atoms with van der Waals surface area (Å²) in [6, 6.07) is -0.874. The average Bonchev–Trinajstić information content (AvgIpc) is 2.56. The highest BCUT2D eigenvalue weighted by atomic mass is 16.4. The van der Waals surface area contributed by atoms with Crippen molar-refractivity contribution >= 4 is 12.0 Å². The van der Waals surface area contributed by atoms with Gasteiger partial charge in [0.25, 0.3) is 0 Å². The lowest BCUT2D eigenvalue weighted by Crippen LogP contribution is -2.48. The Bertz CT molecular complexity index is 273. The van der Waals surface area contributed by atoms with Crippen molar-refractivity contribution in [2.45, 2.75) is 57.5 Å². The Hall–Kier alpha value is -1.26. The van der Waals surface area contributed by atoms with Crippen LogP contribution in [0.3, 0.4) is 0 Å². The zero-order valence-electron chi connectivity index (χ0n) is 10.6. The molecule has 0 aromatic heterocycles. The number of hydrogen-bond acceptors (Lipinski definition) is 2. The Morgan fingerprint density at radius 1 is 1.24 bits per heavy atom. The van der Waals surface area contributed by atoms with Gasteiger partial charge in [0.15, 0.2) is 0 Å². The van der Waals surface area contributed by atoms with Crippen molar-refractivity contribution in [2.75, 3.05) is 7.05 Å². The molecule has 1 atom stereocenters. The zero-order chi connectivity index (χ0) is 12.8. The number of urea groups is 1. The van der Waals surface area contributed by atoms with E-state index in [4.69, 9.17) is 5.11 Å². The normalized spacial score (nSPS) is 19.2. The standard InChI is InChI=1S/C12H22N2O3/c1-9(11(15)16)13-12(17)14(2)10-7-5-3-4-6-8-10/h9-10H,3-8H2,1-2H3,(H,13,17)(H,15,16)/t9-/m0/s1. The van der Waals surface area contributed by atoms with Gasteiger partial charge in [-0.15, -0.1) is 0 Å². The van der Waals surface area contributed by atoms with Crippen molar-refractivity contribution in [3.8, 4) is 0 Å². The van der Waals surface area contributed by atoms with Crippen LogP contribution in [-0.4, -0.2) is 41.1 Å². The summed E-state index contributed by atoms with van der Waals surface area (Å²) < 4.78 is 0. The minimum absolute atomic E-state index is 0.249. The molecule has 0 saturated heterocycles. The number of nitrogens with zero attached hydrogens (tertiary/aromatic N) is 1. The lowest BCUT2D eigenvalue weighted by Gasteiger charge is -2.28. The molecule has 0 heterocycles. The molecule has 5 nitrogen and oxygen atoms in total. The zero-order valence-corrected chi connectivity index (χ0v) is 10.6. The molecule has 0 bridgehead atoms. The molecule has 0 spiro atoms. The van der Waals surface area contributed by atoms with Crippen molar-refractivity contribution in [3.05, 3.63) is 0 Å². The molecule has 1 saturated carbocycles. The number of hydrogen-bond donors (Lipinski definition) is 2. The first kappa shape index (κ1) is 13.8. The van der Waals surface area contributed by atoms with Crippen molar-refractivity contribution in [2.24, 2.45) is 0 Å². The molecule has 1 aliphatic carbocycles. The van der Waals surface area contributed by atoms with Gasteiger partial charge in [0.1, 0.15) is 6.04 Å². The fraction of sp³-hybridized carbons (Fsp3) is 0.833. The number of carbonyl (C=O) groups excluding carboxylic acids is 1. The topological polar surface area (TPSA) is 69.6 Å². The van der Waals surface area contributed by atoms with Gasteiger partial charge in [-0.1, -0.05) is 25.7 Å². The molecule has 0 aromatic rings. The molecule has 17 heavy (non-hydrogen) atoms. The molecule has 0 aliphatic heterocycles. The molecule has 0 radical (unpaired) electrons. The van der Waals surface area contributed by atoms with E-state index in [1.807, 2.05) is 0 Å². The van der Waals surface area contributed by atoms with Crippen LogP contribution < -0.4 is 5.32 Å². The van der Waals surface area contributed by atoms with Crippen molar-refractivity contribution in [1.29, 1.82) is 0 Å². The largest absolute Gasteiger partial charge is 0.480 e. The van der Waals surface area contributed by atoms with Gasteiger partial charge in [-0.25, -0.2) is 4.79 Å². The Labute approximate surface area is 102 Å². The van der Waals surface area contributed by atoms with Crippen molar-refractivity contribution < 1.29 is 14.7 Å². The maximum atomic E-state index is 11.8. The van der Waals surface area contributed by atoms with Crippen LogP contribution in [0.15, 0.2) is 0 Å². The van der Waals surface area contributed by atoms with Crippen LogP contribution in [0, 0.1) is 0 Å². The first-order chi connectivity index (χ1) is 8.02. The van der Waals surface area contributed by atoms with Gasteiger partial charge in [-0.2, -0.15) is 0 Å². The van der Waals surface area contributed by atoms with Crippen molar-refractivity contribution in [1.82, 2.24) is 10.2 Å². The predicted octanol–water partition coefficient (Wildman–Crippen LogP) is 1.82. The van der Waals surface area contributed by atoms with E-state index in [-0.39, 0.29) is 12.1 Å². The number of carbonyl (C=O) groups is 2. The second-order valence-corrected chi connectivity index (χ2v) is 4.77. The molecule has 1 fully saturated rings. The number of aliphatic carboxylic acids is 1. The number of nitrogens with one attached hydrogen (secondary N) is 1. The van der Waals surface area contributed by atoms with Crippen LogP contribution in [0.1, 0.15) is 45.4 Å². The molecule has 2 N–H and O–H groups in total. The molecule has 98 valence electrons. The smallest absolute Gasteiger partial charge is 0.325 e. The summed E-state index contributed by atoms with van der Waals surface area (Å²) in [5, 5.41) is 11.2. The van der Waals surface area contributed by atoms with Crippen LogP contribution in [0.2, 0.25) is 0 Å². The van der Waals surface area contributed by atoms with Crippen LogP contribution in [-0.2, 0) is 4.79 Å². The van der Waals surface area contributed by atoms with Gasteiger partial charge in [-0.3, -0.25) is 4.79 Å². The third kappa shape index (κ3) is 4.24. The summed E-state index contributed by atoms with van der Waals surface area (Å²) in [5.41, 5.74) is 0. The van der Waals surface area contributed by atoms with E-state index in [0.717, 1.165) is 25.7 Å². The van der Waals surface area contributed by atoms with Crippen LogP contribution in [0.5, 0.6) is 0 Å². The number of amides is 2. The SMILES string of the molecule is C[C@H](NC(=O)N(C)C1CCCCCC1)C(=O)O. The number of rotatable bonds is 3. The Morgan fingerprint density at radius 3 is 2.24 bits per heavy atom. The minimum atomic E-state index is -1.01. The van der Waals surface area contributed by atoms with Gasteiger partial charge >= 0.3 is 12.0 Å². The molecule has 1 aliphatic rings. The Morgan fingerprint density at radius 2 is 1.76 bits per heavy atom. The maximum absolute atomic E-state index is 11.8. The number of carboxylic acids is 1. The first-order valence-corrected chi connectivity index (χ1v) is 6.28. The van der Waals surface area contributed by atoms with Gasteiger partial charge in [0, 0.05) is 13.1 Å². The maximum Gasteiger partial charge on any atom is 0.325 e. The Balaban J connectivity index is 2.47. The average molecular weight is 242 g/mol. The first-order valence-electron chi connectivity index (χ1n) is 6.28. The quantitative estimate of drug-likeness (QED) is 0.742. The lowest BCUT2D eigenvalue weighted by molar-refractivity contribution is -0.138. The molecular formula is C12H22N2O3. The Kier molecular flexibility index (Phi) is 5.25. The fourth-order valence-corrected chi connectivity index (χ4v) is 2.16. The highest BCUT2D eigenvalue weighted by Crippen LogP contribution is 2.20. The van der Waals surface area contributed by atoms with E-state index >= 15 is 0 Å². The minimum Gasteiger partial charge on any atom is -0.480 e. The van der Waals surface area contributed by atoms with Crippen LogP contribution >= 0.6 is 0 Å². The molecule has 5 heteroatoms.